The van der Waals surface area contributed by atoms with Gasteiger partial charge in [-0.15, -0.1) is 0 Å². The minimum absolute atomic E-state index is 0.570. The summed E-state index contributed by atoms with van der Waals surface area (Å²) >= 11 is 4.66. The topological polar surface area (TPSA) is 25.8 Å². The molecule has 0 amide bonds. The first-order valence-electron chi connectivity index (χ1n) is 4.76. The number of aromatic nitrogens is 2. The van der Waals surface area contributed by atoms with E-state index in [0.717, 1.165) is 10.6 Å². The van der Waals surface area contributed by atoms with Gasteiger partial charge in [0.05, 0.1) is 0 Å². The summed E-state index contributed by atoms with van der Waals surface area (Å²) in [6, 6.07) is 8.50. The molecule has 1 aromatic heterocycles. The zero-order valence-corrected chi connectivity index (χ0v) is 11.0. The van der Waals surface area contributed by atoms with Crippen molar-refractivity contribution in [3.63, 3.8) is 0 Å². The third-order valence-electron chi connectivity index (χ3n) is 2.23. The quantitative estimate of drug-likeness (QED) is 0.829. The molecule has 0 aliphatic heterocycles. The monoisotopic (exact) mass is 282 g/mol. The van der Waals surface area contributed by atoms with E-state index in [1.54, 1.807) is 0 Å². The Morgan fingerprint density at radius 1 is 1.20 bits per heavy atom. The highest BCUT2D eigenvalue weighted by molar-refractivity contribution is 9.10. The lowest BCUT2D eigenvalue weighted by molar-refractivity contribution is 0.867. The maximum Gasteiger partial charge on any atom is 0.209 e. The van der Waals surface area contributed by atoms with Gasteiger partial charge in [-0.2, -0.15) is 4.37 Å². The lowest BCUT2D eigenvalue weighted by Crippen LogP contribution is -1.86. The smallest absolute Gasteiger partial charge is 0.209 e. The second-order valence-electron chi connectivity index (χ2n) is 3.65. The van der Waals surface area contributed by atoms with Crippen LogP contribution in [0.2, 0.25) is 0 Å². The Balaban J connectivity index is 2.31. The molecular weight excluding hydrogens is 272 g/mol. The Labute approximate surface area is 102 Å². The molecule has 0 aliphatic rings. The van der Waals surface area contributed by atoms with Gasteiger partial charge in [-0.25, -0.2) is 4.98 Å². The largest absolute Gasteiger partial charge is 0.209 e. The molecule has 1 heterocycles. The highest BCUT2D eigenvalue weighted by atomic mass is 79.9. The molecular formula is C11H11BrN2S. The first-order chi connectivity index (χ1) is 7.16. The molecule has 0 N–H and O–H groups in total. The third-order valence-corrected chi connectivity index (χ3v) is 3.58. The van der Waals surface area contributed by atoms with Crippen LogP contribution in [0.5, 0.6) is 0 Å². The predicted molar refractivity (Wildman–Crippen MR) is 67.1 cm³/mol. The van der Waals surface area contributed by atoms with Crippen LogP contribution in [0.25, 0.3) is 10.6 Å². The summed E-state index contributed by atoms with van der Waals surface area (Å²) in [5, 5.41) is 0.956. The van der Waals surface area contributed by atoms with E-state index < -0.39 is 0 Å². The van der Waals surface area contributed by atoms with Gasteiger partial charge in [0.1, 0.15) is 5.01 Å². The number of rotatable bonds is 2. The summed E-state index contributed by atoms with van der Waals surface area (Å²) in [6.45, 7) is 4.38. The number of hydrogen-bond acceptors (Lipinski definition) is 3. The van der Waals surface area contributed by atoms with Crippen LogP contribution in [-0.4, -0.2) is 9.36 Å². The minimum atomic E-state index is 0.570. The van der Waals surface area contributed by atoms with Crippen molar-refractivity contribution in [3.8, 4) is 10.6 Å². The molecule has 15 heavy (non-hydrogen) atoms. The SMILES string of the molecule is CC(C)c1ccc(-c2nc(Br)ns2)cc1. The fourth-order valence-electron chi connectivity index (χ4n) is 1.33. The van der Waals surface area contributed by atoms with Crippen molar-refractivity contribution in [2.24, 2.45) is 0 Å². The Kier molecular flexibility index (Phi) is 3.17. The lowest BCUT2D eigenvalue weighted by atomic mass is 10.0. The summed E-state index contributed by atoms with van der Waals surface area (Å²) in [5.74, 6) is 0.570. The molecule has 2 rings (SSSR count). The number of nitrogens with zero attached hydrogens (tertiary/aromatic N) is 2. The van der Waals surface area contributed by atoms with Gasteiger partial charge in [-0.1, -0.05) is 38.1 Å². The average Bonchev–Trinajstić information content (AvgIpc) is 2.65. The molecule has 0 saturated heterocycles. The third kappa shape index (κ3) is 2.44. The van der Waals surface area contributed by atoms with Crippen LogP contribution in [0.15, 0.2) is 29.0 Å². The molecule has 0 radical (unpaired) electrons. The lowest BCUT2D eigenvalue weighted by Gasteiger charge is -2.04. The average molecular weight is 283 g/mol. The maximum atomic E-state index is 4.28. The van der Waals surface area contributed by atoms with Crippen LogP contribution < -0.4 is 0 Å². The highest BCUT2D eigenvalue weighted by Crippen LogP contribution is 2.25. The summed E-state index contributed by atoms with van der Waals surface area (Å²) in [4.78, 5) is 4.28. The standard InChI is InChI=1S/C11H11BrN2S/c1-7(2)8-3-5-9(6-4-8)10-13-11(12)14-15-10/h3-7H,1-2H3. The summed E-state index contributed by atoms with van der Waals surface area (Å²) in [7, 11) is 0. The zero-order chi connectivity index (χ0) is 10.8. The van der Waals surface area contributed by atoms with Gasteiger partial charge >= 0.3 is 0 Å². The van der Waals surface area contributed by atoms with Crippen LogP contribution in [0, 0.1) is 0 Å². The van der Waals surface area contributed by atoms with E-state index in [0.29, 0.717) is 10.7 Å². The van der Waals surface area contributed by atoms with Crippen molar-refractivity contribution in [3.05, 3.63) is 34.6 Å². The van der Waals surface area contributed by atoms with Crippen LogP contribution in [0.1, 0.15) is 25.3 Å². The molecule has 2 aromatic rings. The first-order valence-corrected chi connectivity index (χ1v) is 6.33. The molecule has 1 aromatic carbocycles. The molecule has 0 saturated carbocycles. The molecule has 0 aliphatic carbocycles. The van der Waals surface area contributed by atoms with Gasteiger partial charge in [0.25, 0.3) is 0 Å². The molecule has 0 bridgehead atoms. The second-order valence-corrected chi connectivity index (χ2v) is 5.11. The molecule has 2 nitrogen and oxygen atoms in total. The van der Waals surface area contributed by atoms with Crippen LogP contribution in [0.4, 0.5) is 0 Å². The summed E-state index contributed by atoms with van der Waals surface area (Å²) in [6.07, 6.45) is 0. The predicted octanol–water partition coefficient (Wildman–Crippen LogP) is 4.09. The van der Waals surface area contributed by atoms with Crippen LogP contribution in [0.3, 0.4) is 0 Å². The molecule has 0 spiro atoms. The fraction of sp³-hybridized carbons (Fsp3) is 0.273. The molecule has 4 heteroatoms. The molecule has 0 unspecified atom stereocenters. The Bertz CT molecular complexity index is 448. The highest BCUT2D eigenvalue weighted by Gasteiger charge is 2.05. The van der Waals surface area contributed by atoms with Crippen molar-refractivity contribution in [2.45, 2.75) is 19.8 Å². The van der Waals surface area contributed by atoms with Crippen molar-refractivity contribution >= 4 is 27.5 Å². The molecule has 0 atom stereocenters. The number of halogens is 1. The van der Waals surface area contributed by atoms with Gasteiger partial charge in [-0.05, 0) is 38.9 Å². The Morgan fingerprint density at radius 2 is 1.87 bits per heavy atom. The van der Waals surface area contributed by atoms with Crippen molar-refractivity contribution < 1.29 is 0 Å². The van der Waals surface area contributed by atoms with Crippen molar-refractivity contribution in [1.29, 1.82) is 0 Å². The zero-order valence-electron chi connectivity index (χ0n) is 8.57. The minimum Gasteiger partial charge on any atom is -0.209 e. The number of benzene rings is 1. The molecule has 78 valence electrons. The van der Waals surface area contributed by atoms with Crippen molar-refractivity contribution in [2.75, 3.05) is 0 Å². The van der Waals surface area contributed by atoms with E-state index in [1.165, 1.54) is 17.1 Å². The summed E-state index contributed by atoms with van der Waals surface area (Å²) in [5.41, 5.74) is 2.48. The van der Waals surface area contributed by atoms with Crippen LogP contribution >= 0.6 is 27.5 Å². The van der Waals surface area contributed by atoms with E-state index in [4.69, 9.17) is 0 Å². The van der Waals surface area contributed by atoms with Gasteiger partial charge in [0, 0.05) is 5.56 Å². The maximum absolute atomic E-state index is 4.28. The van der Waals surface area contributed by atoms with Gasteiger partial charge < -0.3 is 0 Å². The Hall–Kier alpha value is -0.740. The van der Waals surface area contributed by atoms with Crippen molar-refractivity contribution in [1.82, 2.24) is 9.36 Å². The summed E-state index contributed by atoms with van der Waals surface area (Å²) < 4.78 is 4.76. The van der Waals surface area contributed by atoms with E-state index in [1.807, 2.05) is 0 Å². The van der Waals surface area contributed by atoms with Gasteiger partial charge in [0.15, 0.2) is 0 Å². The fourth-order valence-corrected chi connectivity index (χ4v) is 2.42. The molecule has 0 fully saturated rings. The first kappa shape index (κ1) is 10.8. The van der Waals surface area contributed by atoms with E-state index in [9.17, 15) is 0 Å². The second kappa shape index (κ2) is 4.41. The van der Waals surface area contributed by atoms with E-state index >= 15 is 0 Å². The normalized spacial score (nSPS) is 10.9. The van der Waals surface area contributed by atoms with Crippen LogP contribution in [-0.2, 0) is 0 Å². The Morgan fingerprint density at radius 3 is 2.33 bits per heavy atom. The van der Waals surface area contributed by atoms with Gasteiger partial charge in [-0.3, -0.25) is 0 Å². The van der Waals surface area contributed by atoms with Gasteiger partial charge in [0.2, 0.25) is 4.73 Å². The van der Waals surface area contributed by atoms with E-state index in [-0.39, 0.29) is 0 Å². The number of hydrogen-bond donors (Lipinski definition) is 0. The van der Waals surface area contributed by atoms with E-state index in [2.05, 4.69) is 63.4 Å².